The van der Waals surface area contributed by atoms with Crippen LogP contribution in [-0.4, -0.2) is 43.3 Å². The minimum atomic E-state index is -3.09. The molecule has 1 aliphatic rings. The van der Waals surface area contributed by atoms with Gasteiger partial charge in [-0.2, -0.15) is 0 Å². The van der Waals surface area contributed by atoms with Gasteiger partial charge in [0.05, 0.1) is 5.75 Å². The van der Waals surface area contributed by atoms with Crippen LogP contribution in [0.1, 0.15) is 51.0 Å². The van der Waals surface area contributed by atoms with E-state index in [0.717, 1.165) is 19.3 Å². The van der Waals surface area contributed by atoms with Crippen LogP contribution in [0.25, 0.3) is 0 Å². The Hall–Kier alpha value is -1.36. The Balaban J connectivity index is 2.09. The lowest BCUT2D eigenvalue weighted by Crippen LogP contribution is -2.44. The SMILES string of the molecule is CCC(CC(=O)N(C(C)CS(C)(=O)=O)C1CC1)c1ccccc1. The third kappa shape index (κ3) is 5.34. The van der Waals surface area contributed by atoms with Crippen molar-refractivity contribution < 1.29 is 13.2 Å². The highest BCUT2D eigenvalue weighted by molar-refractivity contribution is 7.90. The van der Waals surface area contributed by atoms with E-state index in [4.69, 9.17) is 0 Å². The highest BCUT2D eigenvalue weighted by Crippen LogP contribution is 2.32. The monoisotopic (exact) mass is 337 g/mol. The smallest absolute Gasteiger partial charge is 0.223 e. The fraction of sp³-hybridized carbons (Fsp3) is 0.611. The molecule has 0 heterocycles. The topological polar surface area (TPSA) is 54.5 Å². The lowest BCUT2D eigenvalue weighted by atomic mass is 9.92. The summed E-state index contributed by atoms with van der Waals surface area (Å²) in [6.07, 6.45) is 4.56. The summed E-state index contributed by atoms with van der Waals surface area (Å²) in [5, 5.41) is 0. The Kier molecular flexibility index (Phi) is 5.84. The molecule has 0 spiro atoms. The van der Waals surface area contributed by atoms with Crippen LogP contribution in [0, 0.1) is 0 Å². The molecule has 4 nitrogen and oxygen atoms in total. The van der Waals surface area contributed by atoms with E-state index in [-0.39, 0.29) is 29.7 Å². The quantitative estimate of drug-likeness (QED) is 0.733. The van der Waals surface area contributed by atoms with Gasteiger partial charge in [0.1, 0.15) is 9.84 Å². The molecule has 0 aromatic heterocycles. The maximum Gasteiger partial charge on any atom is 0.223 e. The predicted octanol–water partition coefficient (Wildman–Crippen LogP) is 2.99. The first-order valence-corrected chi connectivity index (χ1v) is 10.4. The van der Waals surface area contributed by atoms with E-state index in [9.17, 15) is 13.2 Å². The van der Waals surface area contributed by atoms with E-state index in [2.05, 4.69) is 19.1 Å². The van der Waals surface area contributed by atoms with Crippen molar-refractivity contribution in [2.75, 3.05) is 12.0 Å². The Morgan fingerprint density at radius 2 is 1.87 bits per heavy atom. The summed E-state index contributed by atoms with van der Waals surface area (Å²) in [6.45, 7) is 3.94. The van der Waals surface area contributed by atoms with E-state index in [1.54, 1.807) is 0 Å². The summed E-state index contributed by atoms with van der Waals surface area (Å²) >= 11 is 0. The van der Waals surface area contributed by atoms with E-state index >= 15 is 0 Å². The first kappa shape index (κ1) is 18.0. The van der Waals surface area contributed by atoms with Gasteiger partial charge in [0.2, 0.25) is 5.91 Å². The van der Waals surface area contributed by atoms with Gasteiger partial charge in [-0.25, -0.2) is 8.42 Å². The van der Waals surface area contributed by atoms with Crippen molar-refractivity contribution in [1.82, 2.24) is 4.90 Å². The number of hydrogen-bond donors (Lipinski definition) is 0. The lowest BCUT2D eigenvalue weighted by molar-refractivity contribution is -0.133. The molecule has 5 heteroatoms. The van der Waals surface area contributed by atoms with Crippen LogP contribution in [0.4, 0.5) is 0 Å². The van der Waals surface area contributed by atoms with E-state index in [1.807, 2.05) is 30.0 Å². The van der Waals surface area contributed by atoms with Crippen molar-refractivity contribution in [2.45, 2.75) is 57.5 Å². The van der Waals surface area contributed by atoms with Crippen LogP contribution in [-0.2, 0) is 14.6 Å². The second kappa shape index (κ2) is 7.47. The predicted molar refractivity (Wildman–Crippen MR) is 93.1 cm³/mol. The molecule has 128 valence electrons. The Labute approximate surface area is 139 Å². The standard InChI is InChI=1S/C18H27NO3S/c1-4-15(16-8-6-5-7-9-16)12-18(20)19(17-10-11-17)14(2)13-23(3,21)22/h5-9,14-15,17H,4,10-13H2,1-3H3. The third-order valence-electron chi connectivity index (χ3n) is 4.43. The van der Waals surface area contributed by atoms with Crippen molar-refractivity contribution in [3.8, 4) is 0 Å². The Morgan fingerprint density at radius 3 is 2.35 bits per heavy atom. The molecule has 0 saturated heterocycles. The average molecular weight is 337 g/mol. The summed E-state index contributed by atoms with van der Waals surface area (Å²) in [5.74, 6) is 0.312. The number of benzene rings is 1. The van der Waals surface area contributed by atoms with Gasteiger partial charge in [0.25, 0.3) is 0 Å². The molecule has 1 aromatic rings. The zero-order valence-electron chi connectivity index (χ0n) is 14.2. The van der Waals surface area contributed by atoms with Gasteiger partial charge < -0.3 is 4.90 Å². The molecule has 1 saturated carbocycles. The van der Waals surface area contributed by atoms with Gasteiger partial charge in [0.15, 0.2) is 0 Å². The molecule has 0 N–H and O–H groups in total. The molecular formula is C18H27NO3S. The summed E-state index contributed by atoms with van der Waals surface area (Å²) < 4.78 is 23.1. The number of rotatable bonds is 8. The first-order chi connectivity index (χ1) is 10.8. The van der Waals surface area contributed by atoms with E-state index < -0.39 is 9.84 Å². The van der Waals surface area contributed by atoms with Crippen LogP contribution in [0.3, 0.4) is 0 Å². The number of sulfone groups is 1. The molecule has 1 aromatic carbocycles. The van der Waals surface area contributed by atoms with Crippen molar-refractivity contribution in [3.05, 3.63) is 35.9 Å². The molecule has 2 atom stereocenters. The van der Waals surface area contributed by atoms with Gasteiger partial charge in [0, 0.05) is 24.8 Å². The maximum absolute atomic E-state index is 12.8. The molecule has 2 rings (SSSR count). The number of carbonyl (C=O) groups excluding carboxylic acids is 1. The zero-order valence-corrected chi connectivity index (χ0v) is 15.1. The molecule has 0 bridgehead atoms. The number of hydrogen-bond acceptors (Lipinski definition) is 3. The van der Waals surface area contributed by atoms with Crippen LogP contribution >= 0.6 is 0 Å². The molecule has 0 radical (unpaired) electrons. The average Bonchev–Trinajstić information content (AvgIpc) is 3.28. The van der Waals surface area contributed by atoms with Crippen molar-refractivity contribution in [1.29, 1.82) is 0 Å². The summed E-state index contributed by atoms with van der Waals surface area (Å²) in [6, 6.07) is 10.1. The number of carbonyl (C=O) groups is 1. The highest BCUT2D eigenvalue weighted by Gasteiger charge is 2.37. The second-order valence-electron chi connectivity index (χ2n) is 6.69. The highest BCUT2D eigenvalue weighted by atomic mass is 32.2. The molecular weight excluding hydrogens is 310 g/mol. The Morgan fingerprint density at radius 1 is 1.26 bits per heavy atom. The summed E-state index contributed by atoms with van der Waals surface area (Å²) in [7, 11) is -3.09. The van der Waals surface area contributed by atoms with Crippen LogP contribution in [0.2, 0.25) is 0 Å². The zero-order chi connectivity index (χ0) is 17.0. The van der Waals surface area contributed by atoms with Crippen molar-refractivity contribution in [3.63, 3.8) is 0 Å². The van der Waals surface area contributed by atoms with Gasteiger partial charge in [-0.3, -0.25) is 4.79 Å². The molecule has 1 fully saturated rings. The minimum absolute atomic E-state index is 0.0391. The van der Waals surface area contributed by atoms with Gasteiger partial charge >= 0.3 is 0 Å². The fourth-order valence-electron chi connectivity index (χ4n) is 3.22. The maximum atomic E-state index is 12.8. The molecule has 2 unspecified atom stereocenters. The van der Waals surface area contributed by atoms with Crippen LogP contribution in [0.5, 0.6) is 0 Å². The largest absolute Gasteiger partial charge is 0.336 e. The molecule has 23 heavy (non-hydrogen) atoms. The summed E-state index contributed by atoms with van der Waals surface area (Å²) in [4.78, 5) is 14.7. The van der Waals surface area contributed by atoms with Crippen molar-refractivity contribution >= 4 is 15.7 Å². The number of nitrogens with zero attached hydrogens (tertiary/aromatic N) is 1. The lowest BCUT2D eigenvalue weighted by Gasteiger charge is -2.30. The fourth-order valence-corrected chi connectivity index (χ4v) is 4.26. The normalized spacial score (nSPS) is 17.5. The molecule has 1 aliphatic carbocycles. The van der Waals surface area contributed by atoms with Gasteiger partial charge in [-0.1, -0.05) is 37.3 Å². The van der Waals surface area contributed by atoms with Crippen LogP contribution < -0.4 is 0 Å². The van der Waals surface area contributed by atoms with Gasteiger partial charge in [-0.05, 0) is 37.7 Å². The number of amides is 1. The van der Waals surface area contributed by atoms with Gasteiger partial charge in [-0.15, -0.1) is 0 Å². The Bertz CT molecular complexity index is 623. The van der Waals surface area contributed by atoms with E-state index in [0.29, 0.717) is 6.42 Å². The minimum Gasteiger partial charge on any atom is -0.336 e. The van der Waals surface area contributed by atoms with E-state index in [1.165, 1.54) is 11.8 Å². The third-order valence-corrected chi connectivity index (χ3v) is 5.52. The second-order valence-corrected chi connectivity index (χ2v) is 8.88. The molecule has 1 amide bonds. The first-order valence-electron chi connectivity index (χ1n) is 8.35. The van der Waals surface area contributed by atoms with Crippen LogP contribution in [0.15, 0.2) is 30.3 Å². The molecule has 0 aliphatic heterocycles. The van der Waals surface area contributed by atoms with Crippen molar-refractivity contribution in [2.24, 2.45) is 0 Å². The summed E-state index contributed by atoms with van der Waals surface area (Å²) in [5.41, 5.74) is 1.18.